The summed E-state index contributed by atoms with van der Waals surface area (Å²) in [7, 11) is 0. The zero-order valence-electron chi connectivity index (χ0n) is 13.1. The molecule has 4 heteroatoms. The number of hydrogen-bond donors (Lipinski definition) is 1. The summed E-state index contributed by atoms with van der Waals surface area (Å²) < 4.78 is 11.4. The lowest BCUT2D eigenvalue weighted by molar-refractivity contribution is -0.139. The predicted molar refractivity (Wildman–Crippen MR) is 81.0 cm³/mol. The number of hydrogen-bond acceptors (Lipinski definition) is 4. The lowest BCUT2D eigenvalue weighted by Gasteiger charge is -2.40. The molecule has 0 aromatic rings. The molecular formula is C17H29NO3. The smallest absolute Gasteiger partial charge is 0.136 e. The van der Waals surface area contributed by atoms with Gasteiger partial charge in [0, 0.05) is 32.0 Å². The maximum absolute atomic E-state index is 12.8. The van der Waals surface area contributed by atoms with Gasteiger partial charge in [0.15, 0.2) is 0 Å². The van der Waals surface area contributed by atoms with Crippen LogP contribution in [0, 0.1) is 11.3 Å². The molecule has 120 valence electrons. The van der Waals surface area contributed by atoms with Gasteiger partial charge in [-0.2, -0.15) is 0 Å². The normalized spacial score (nSPS) is 36.0. The van der Waals surface area contributed by atoms with Crippen LogP contribution < -0.4 is 5.73 Å². The molecule has 0 radical (unpaired) electrons. The molecule has 2 unspecified atom stereocenters. The van der Waals surface area contributed by atoms with Crippen LogP contribution in [-0.4, -0.2) is 37.7 Å². The summed E-state index contributed by atoms with van der Waals surface area (Å²) in [5.74, 6) is 0.586. The third kappa shape index (κ3) is 3.33. The molecule has 0 aromatic heterocycles. The van der Waals surface area contributed by atoms with Gasteiger partial charge in [-0.15, -0.1) is 0 Å². The fraction of sp³-hybridized carbons (Fsp3) is 0.941. The summed E-state index contributed by atoms with van der Waals surface area (Å²) in [4.78, 5) is 12.8. The van der Waals surface area contributed by atoms with E-state index in [1.165, 1.54) is 19.3 Å². The van der Waals surface area contributed by atoms with E-state index in [1.54, 1.807) is 0 Å². The van der Waals surface area contributed by atoms with Gasteiger partial charge in [0.1, 0.15) is 5.78 Å². The van der Waals surface area contributed by atoms with E-state index in [0.717, 1.165) is 38.7 Å². The van der Waals surface area contributed by atoms with Crippen molar-refractivity contribution in [3.63, 3.8) is 0 Å². The zero-order chi connectivity index (χ0) is 14.8. The molecule has 21 heavy (non-hydrogen) atoms. The maximum Gasteiger partial charge on any atom is 0.136 e. The molecule has 2 N–H and O–H groups in total. The summed E-state index contributed by atoms with van der Waals surface area (Å²) in [5.41, 5.74) is 5.96. The molecular weight excluding hydrogens is 266 g/mol. The quantitative estimate of drug-likeness (QED) is 0.865. The molecule has 1 aliphatic carbocycles. The van der Waals surface area contributed by atoms with Crippen LogP contribution in [0.3, 0.4) is 0 Å². The Bertz CT molecular complexity index is 370. The van der Waals surface area contributed by atoms with Crippen LogP contribution in [0.25, 0.3) is 0 Å². The number of nitrogens with two attached hydrogens (primary N) is 1. The van der Waals surface area contributed by atoms with Gasteiger partial charge in [-0.25, -0.2) is 0 Å². The predicted octanol–water partition coefficient (Wildman–Crippen LogP) is 2.44. The van der Waals surface area contributed by atoms with Crippen LogP contribution in [0.1, 0.15) is 57.8 Å². The molecule has 0 aromatic carbocycles. The average molecular weight is 295 g/mol. The van der Waals surface area contributed by atoms with Crippen LogP contribution in [0.2, 0.25) is 0 Å². The highest BCUT2D eigenvalue weighted by atomic mass is 16.6. The largest absolute Gasteiger partial charge is 0.378 e. The zero-order valence-corrected chi connectivity index (χ0v) is 13.1. The van der Waals surface area contributed by atoms with E-state index in [9.17, 15) is 4.79 Å². The summed E-state index contributed by atoms with van der Waals surface area (Å²) in [6.45, 7) is 2.80. The van der Waals surface area contributed by atoms with E-state index in [1.807, 2.05) is 0 Å². The van der Waals surface area contributed by atoms with Gasteiger partial charge in [-0.3, -0.25) is 4.79 Å². The fourth-order valence-electron chi connectivity index (χ4n) is 4.43. The number of carbonyl (C=O) groups is 1. The van der Waals surface area contributed by atoms with Gasteiger partial charge in [0.25, 0.3) is 0 Å². The minimum absolute atomic E-state index is 0.0903. The second-order valence-corrected chi connectivity index (χ2v) is 7.43. The summed E-state index contributed by atoms with van der Waals surface area (Å²) in [6, 6.07) is 0. The van der Waals surface area contributed by atoms with Crippen LogP contribution in [-0.2, 0) is 14.3 Å². The number of Topliss-reactive ketones (excluding diaryl/α,β-unsaturated/α-hetero) is 1. The van der Waals surface area contributed by atoms with Gasteiger partial charge < -0.3 is 15.2 Å². The van der Waals surface area contributed by atoms with Crippen molar-refractivity contribution in [2.24, 2.45) is 17.1 Å². The van der Waals surface area contributed by atoms with Crippen molar-refractivity contribution in [2.45, 2.75) is 63.4 Å². The van der Waals surface area contributed by atoms with Gasteiger partial charge >= 0.3 is 0 Å². The number of carbonyl (C=O) groups excluding carboxylic acids is 1. The first-order valence-electron chi connectivity index (χ1n) is 8.62. The Kier molecular flexibility index (Phi) is 4.67. The van der Waals surface area contributed by atoms with Crippen molar-refractivity contribution in [3.8, 4) is 0 Å². The van der Waals surface area contributed by atoms with Crippen LogP contribution >= 0.6 is 0 Å². The highest BCUT2D eigenvalue weighted by Gasteiger charge is 2.44. The Morgan fingerprint density at radius 3 is 2.62 bits per heavy atom. The first-order valence-corrected chi connectivity index (χ1v) is 8.62. The van der Waals surface area contributed by atoms with Crippen molar-refractivity contribution < 1.29 is 14.3 Å². The number of rotatable bonds is 4. The molecule has 1 spiro atoms. The number of ether oxygens (including phenoxy) is 2. The van der Waals surface area contributed by atoms with E-state index < -0.39 is 0 Å². The van der Waals surface area contributed by atoms with Gasteiger partial charge in [0.05, 0.1) is 12.2 Å². The Labute approximate surface area is 127 Å². The standard InChI is InChI=1S/C17H29NO3/c18-12-16(5-2-1-3-6-16)11-15(19)14-4-8-21-17(10-14)7-9-20-13-17/h14H,1-13,18H2. The van der Waals surface area contributed by atoms with E-state index in [4.69, 9.17) is 15.2 Å². The van der Waals surface area contributed by atoms with Crippen molar-refractivity contribution in [2.75, 3.05) is 26.4 Å². The highest BCUT2D eigenvalue weighted by molar-refractivity contribution is 5.82. The second-order valence-electron chi connectivity index (χ2n) is 7.43. The van der Waals surface area contributed by atoms with Crippen molar-refractivity contribution >= 4 is 5.78 Å². The Balaban J connectivity index is 1.61. The van der Waals surface area contributed by atoms with E-state index in [-0.39, 0.29) is 16.9 Å². The average Bonchev–Trinajstić information content (AvgIpc) is 2.96. The van der Waals surface area contributed by atoms with E-state index >= 15 is 0 Å². The first kappa shape index (κ1) is 15.4. The molecule has 4 nitrogen and oxygen atoms in total. The minimum Gasteiger partial charge on any atom is -0.378 e. The van der Waals surface area contributed by atoms with Gasteiger partial charge in [0.2, 0.25) is 0 Å². The maximum atomic E-state index is 12.8. The molecule has 3 aliphatic rings. The molecule has 2 atom stereocenters. The van der Waals surface area contributed by atoms with E-state index in [0.29, 0.717) is 32.0 Å². The second kappa shape index (κ2) is 6.35. The van der Waals surface area contributed by atoms with Crippen molar-refractivity contribution in [1.29, 1.82) is 0 Å². The van der Waals surface area contributed by atoms with Crippen molar-refractivity contribution in [1.82, 2.24) is 0 Å². The molecule has 3 rings (SSSR count). The highest BCUT2D eigenvalue weighted by Crippen LogP contribution is 2.42. The Morgan fingerprint density at radius 1 is 1.14 bits per heavy atom. The third-order valence-corrected chi connectivity index (χ3v) is 5.91. The first-order chi connectivity index (χ1) is 10.2. The van der Waals surface area contributed by atoms with Crippen LogP contribution in [0.4, 0.5) is 0 Å². The lowest BCUT2D eigenvalue weighted by Crippen LogP contribution is -2.44. The van der Waals surface area contributed by atoms with Gasteiger partial charge in [-0.05, 0) is 37.6 Å². The third-order valence-electron chi connectivity index (χ3n) is 5.91. The van der Waals surface area contributed by atoms with Crippen LogP contribution in [0.15, 0.2) is 0 Å². The fourth-order valence-corrected chi connectivity index (χ4v) is 4.43. The Hall–Kier alpha value is -0.450. The SMILES string of the molecule is NCC1(CC(=O)C2CCOC3(CCOC3)C2)CCCCC1. The summed E-state index contributed by atoms with van der Waals surface area (Å²) in [5, 5.41) is 0. The van der Waals surface area contributed by atoms with Crippen molar-refractivity contribution in [3.05, 3.63) is 0 Å². The molecule has 3 fully saturated rings. The monoisotopic (exact) mass is 295 g/mol. The number of ketones is 1. The summed E-state index contributed by atoms with van der Waals surface area (Å²) >= 11 is 0. The molecule has 1 saturated carbocycles. The molecule has 2 saturated heterocycles. The summed E-state index contributed by atoms with van der Waals surface area (Å²) in [6.07, 6.45) is 9.39. The molecule has 0 bridgehead atoms. The molecule has 0 amide bonds. The van der Waals surface area contributed by atoms with Gasteiger partial charge in [-0.1, -0.05) is 19.3 Å². The Morgan fingerprint density at radius 2 is 1.95 bits per heavy atom. The molecule has 2 aliphatic heterocycles. The topological polar surface area (TPSA) is 61.6 Å². The van der Waals surface area contributed by atoms with Crippen LogP contribution in [0.5, 0.6) is 0 Å². The lowest BCUT2D eigenvalue weighted by atomic mass is 9.68. The minimum atomic E-state index is -0.166. The van der Waals surface area contributed by atoms with E-state index in [2.05, 4.69) is 0 Å². The molecule has 2 heterocycles.